The second kappa shape index (κ2) is 37.0. The van der Waals surface area contributed by atoms with Crippen LogP contribution in [0.3, 0.4) is 0 Å². The van der Waals surface area contributed by atoms with Gasteiger partial charge in [-0.2, -0.15) is 0 Å². The number of unbranched alkanes of at least 4 members (excludes halogenated alkanes) is 2. The average molecular weight is 1330 g/mol. The summed E-state index contributed by atoms with van der Waals surface area (Å²) in [5, 5.41) is 3.22. The highest BCUT2D eigenvalue weighted by atomic mass is 16.6. The monoisotopic (exact) mass is 1330 g/mol. The normalized spacial score (nSPS) is 21.1. The molecular formula is C74H121N9O12. The van der Waals surface area contributed by atoms with Crippen LogP contribution in [0.5, 0.6) is 11.5 Å². The van der Waals surface area contributed by atoms with E-state index in [0.29, 0.717) is 106 Å². The molecule has 5 atom stereocenters. The standard InChI is InChI=1S/C74H121N9O12/c1-19-20-41-92-65(85)49-81-37-39-82(50-66(86)93-71(6,7)8)35-33-80(34-36-83(40-38-81)51-67(87)94-72(9,10)11)48-64(84)79(16)32-24-31-78(15)30-22-21-25-55-28-29-60(58(46-55)52(2)3)76-61(68-62(90-17)26-23-27-63(68)91-18)47-59(75)69(88)77-74(70(89)95-73(12,13)14)54(5)44-56-42-53(4)43-57(74)45-56/h23,26-29,46-47,52-54,56-57H,19-22,24-25,30-45,48-51,75H2,1-18H3,(H,77,88). The number of hydrogen-bond donors (Lipinski definition) is 2. The van der Waals surface area contributed by atoms with Crippen LogP contribution in [-0.2, 0) is 54.1 Å². The molecule has 95 heavy (non-hydrogen) atoms. The van der Waals surface area contributed by atoms with Gasteiger partial charge in [-0.05, 0) is 205 Å². The Morgan fingerprint density at radius 1 is 0.674 bits per heavy atom. The molecule has 534 valence electrons. The van der Waals surface area contributed by atoms with E-state index in [-0.39, 0.29) is 73.4 Å². The summed E-state index contributed by atoms with van der Waals surface area (Å²) < 4.78 is 34.9. The van der Waals surface area contributed by atoms with Crippen LogP contribution in [0, 0.1) is 23.7 Å². The zero-order chi connectivity index (χ0) is 70.4. The summed E-state index contributed by atoms with van der Waals surface area (Å²) in [4.78, 5) is 100. The predicted octanol–water partition coefficient (Wildman–Crippen LogP) is 9.43. The van der Waals surface area contributed by atoms with Gasteiger partial charge in [-0.15, -0.1) is 0 Å². The molecule has 5 unspecified atom stereocenters. The number of ether oxygens (including phenoxy) is 6. The lowest BCUT2D eigenvalue weighted by molar-refractivity contribution is -0.176. The van der Waals surface area contributed by atoms with Crippen LogP contribution in [0.25, 0.3) is 0 Å². The van der Waals surface area contributed by atoms with Crippen LogP contribution in [0.15, 0.2) is 53.2 Å². The van der Waals surface area contributed by atoms with Gasteiger partial charge in [-0.1, -0.05) is 59.2 Å². The van der Waals surface area contributed by atoms with Crippen molar-refractivity contribution in [2.45, 2.75) is 189 Å². The van der Waals surface area contributed by atoms with Gasteiger partial charge in [-0.3, -0.25) is 43.6 Å². The molecule has 0 spiro atoms. The molecule has 2 bridgehead atoms. The number of likely N-dealkylation sites (N-methyl/N-ethyl adjacent to an activating group) is 1. The number of methoxy groups -OCH3 is 2. The van der Waals surface area contributed by atoms with Crippen LogP contribution in [-0.4, -0.2) is 226 Å². The van der Waals surface area contributed by atoms with Gasteiger partial charge >= 0.3 is 23.9 Å². The van der Waals surface area contributed by atoms with Crippen molar-refractivity contribution in [1.29, 1.82) is 0 Å². The zero-order valence-corrected chi connectivity index (χ0v) is 61.4. The zero-order valence-electron chi connectivity index (χ0n) is 61.4. The number of fused-ring (bicyclic) bond motifs is 2. The van der Waals surface area contributed by atoms with Gasteiger partial charge in [0.05, 0.1) is 69.7 Å². The fourth-order valence-corrected chi connectivity index (χ4v) is 13.3. The van der Waals surface area contributed by atoms with E-state index in [1.165, 1.54) is 5.56 Å². The van der Waals surface area contributed by atoms with E-state index in [1.54, 1.807) is 25.2 Å². The summed E-state index contributed by atoms with van der Waals surface area (Å²) >= 11 is 0. The summed E-state index contributed by atoms with van der Waals surface area (Å²) in [6, 6.07) is 11.8. The molecule has 5 rings (SSSR count). The Kier molecular flexibility index (Phi) is 31.0. The number of allylic oxidation sites excluding steroid dienone is 1. The largest absolute Gasteiger partial charge is 0.496 e. The topological polar surface area (TPSA) is 228 Å². The molecule has 3 N–H and O–H groups in total. The molecule has 21 nitrogen and oxygen atoms in total. The lowest BCUT2D eigenvalue weighted by Gasteiger charge is -2.53. The maximum atomic E-state index is 14.7. The number of aliphatic imine (C=N–C) groups is 1. The predicted molar refractivity (Wildman–Crippen MR) is 375 cm³/mol. The van der Waals surface area contributed by atoms with Crippen molar-refractivity contribution in [3.8, 4) is 11.5 Å². The minimum absolute atomic E-state index is 0.0170. The molecule has 2 aromatic rings. The van der Waals surface area contributed by atoms with Gasteiger partial charge in [0.1, 0.15) is 33.8 Å². The van der Waals surface area contributed by atoms with Gasteiger partial charge < -0.3 is 49.3 Å². The molecule has 0 aromatic heterocycles. The lowest BCUT2D eigenvalue weighted by Crippen LogP contribution is -2.68. The molecule has 0 radical (unpaired) electrons. The summed E-state index contributed by atoms with van der Waals surface area (Å²) in [6.45, 7) is 34.0. The lowest BCUT2D eigenvalue weighted by atomic mass is 9.56. The molecule has 1 heterocycles. The van der Waals surface area contributed by atoms with Crippen molar-refractivity contribution in [3.63, 3.8) is 0 Å². The number of carbonyl (C=O) groups excluding carboxylic acids is 6. The maximum Gasteiger partial charge on any atom is 0.332 e. The van der Waals surface area contributed by atoms with E-state index >= 15 is 0 Å². The number of nitrogens with two attached hydrogens (primary N) is 1. The molecule has 2 aliphatic carbocycles. The summed E-state index contributed by atoms with van der Waals surface area (Å²) in [5.41, 5.74) is 7.20. The van der Waals surface area contributed by atoms with E-state index in [4.69, 9.17) is 39.1 Å². The second-order valence-corrected chi connectivity index (χ2v) is 30.3. The van der Waals surface area contributed by atoms with Crippen molar-refractivity contribution >= 4 is 47.1 Å². The Bertz CT molecular complexity index is 2820. The number of rotatable bonds is 29. The highest BCUT2D eigenvalue weighted by Gasteiger charge is 2.58. The highest BCUT2D eigenvalue weighted by Crippen LogP contribution is 2.51. The molecule has 21 heteroatoms. The highest BCUT2D eigenvalue weighted by molar-refractivity contribution is 6.16. The molecule has 1 aliphatic heterocycles. The van der Waals surface area contributed by atoms with Crippen molar-refractivity contribution in [3.05, 3.63) is 64.9 Å². The van der Waals surface area contributed by atoms with Crippen molar-refractivity contribution in [2.75, 3.05) is 133 Å². The van der Waals surface area contributed by atoms with Crippen LogP contribution >= 0.6 is 0 Å². The molecule has 1 saturated heterocycles. The Morgan fingerprint density at radius 2 is 1.20 bits per heavy atom. The number of benzene rings is 2. The second-order valence-electron chi connectivity index (χ2n) is 30.3. The Morgan fingerprint density at radius 3 is 1.72 bits per heavy atom. The van der Waals surface area contributed by atoms with Crippen LogP contribution in [0.4, 0.5) is 5.69 Å². The van der Waals surface area contributed by atoms with Crippen molar-refractivity contribution < 1.29 is 57.2 Å². The maximum absolute atomic E-state index is 14.7. The van der Waals surface area contributed by atoms with Crippen LogP contribution in [0.1, 0.15) is 177 Å². The smallest absolute Gasteiger partial charge is 0.332 e. The van der Waals surface area contributed by atoms with E-state index in [9.17, 15) is 28.8 Å². The van der Waals surface area contributed by atoms with Crippen LogP contribution < -0.4 is 20.5 Å². The van der Waals surface area contributed by atoms with Gasteiger partial charge in [0.25, 0.3) is 5.91 Å². The number of hydrogen-bond acceptors (Lipinski definition) is 19. The Balaban J connectivity index is 1.24. The minimum atomic E-state index is -1.27. The Hall–Kier alpha value is -6.13. The van der Waals surface area contributed by atoms with Gasteiger partial charge in [0, 0.05) is 66.0 Å². The van der Waals surface area contributed by atoms with Crippen LogP contribution in [0.2, 0.25) is 0 Å². The first-order valence-electron chi connectivity index (χ1n) is 35.0. The fourth-order valence-electron chi connectivity index (χ4n) is 13.3. The number of aryl methyl sites for hydroxylation is 1. The average Bonchev–Trinajstić information content (AvgIpc) is 0.741. The number of amides is 2. The fraction of sp³-hybridized carbons (Fsp3) is 0.716. The minimum Gasteiger partial charge on any atom is -0.496 e. The summed E-state index contributed by atoms with van der Waals surface area (Å²) in [5.74, 6) is -0.386. The van der Waals surface area contributed by atoms with E-state index < -0.39 is 34.2 Å². The third kappa shape index (κ3) is 26.3. The van der Waals surface area contributed by atoms with Gasteiger partial charge in [0.15, 0.2) is 0 Å². The first kappa shape index (κ1) is 79.6. The molecule has 2 amide bonds. The first-order chi connectivity index (χ1) is 44.6. The third-order valence-electron chi connectivity index (χ3n) is 18.1. The third-order valence-corrected chi connectivity index (χ3v) is 18.1. The number of carbonyl (C=O) groups is 6. The van der Waals surface area contributed by atoms with E-state index in [1.807, 2.05) is 122 Å². The SMILES string of the molecule is CCCCOC(=O)CN1CCN(CC(=O)OC(C)(C)C)CCN(CC(=O)N(C)CCCN(C)CCCCc2ccc(N=C(C=C(N)C(=O)NC3(C(=O)OC(C)(C)C)C(C)CC4CC(C)CC3C4)c3c(OC)cccc3OC)c(C(C)C)c2)CCN(CC(=O)OC(C)(C)C)CC1. The van der Waals surface area contributed by atoms with Crippen molar-refractivity contribution in [2.24, 2.45) is 34.4 Å². The molecule has 3 fully saturated rings. The summed E-state index contributed by atoms with van der Waals surface area (Å²) in [6.07, 6.45) is 10.3. The van der Waals surface area contributed by atoms with Gasteiger partial charge in [-0.25, -0.2) is 9.79 Å². The quantitative estimate of drug-likeness (QED) is 0.0254. The molecule has 3 aliphatic rings. The van der Waals surface area contributed by atoms with Crippen molar-refractivity contribution in [1.82, 2.24) is 34.7 Å². The van der Waals surface area contributed by atoms with Gasteiger partial charge in [0.2, 0.25) is 5.91 Å². The molecular weight excluding hydrogens is 1210 g/mol. The Labute approximate surface area is 569 Å². The number of nitrogens with one attached hydrogen (secondary N) is 1. The van der Waals surface area contributed by atoms with E-state index in [2.05, 4.69) is 55.1 Å². The summed E-state index contributed by atoms with van der Waals surface area (Å²) in [7, 11) is 7.12. The van der Waals surface area contributed by atoms with E-state index in [0.717, 1.165) is 82.9 Å². The number of esters is 4. The number of nitrogens with zero attached hydrogens (tertiary/aromatic N) is 7. The molecule has 2 saturated carbocycles. The first-order valence-corrected chi connectivity index (χ1v) is 35.0. The molecule has 2 aromatic carbocycles.